The molecule has 0 saturated carbocycles. The van der Waals surface area contributed by atoms with Gasteiger partial charge in [-0.25, -0.2) is 0 Å². The molecule has 1 amide bonds. The Balaban J connectivity index is 1.90. The summed E-state index contributed by atoms with van der Waals surface area (Å²) < 4.78 is 1.81. The number of fused-ring (bicyclic) bond motifs is 1. The highest BCUT2D eigenvalue weighted by Gasteiger charge is 2.11. The zero-order valence-electron chi connectivity index (χ0n) is 15.7. The van der Waals surface area contributed by atoms with Gasteiger partial charge in [-0.15, -0.1) is 0 Å². The summed E-state index contributed by atoms with van der Waals surface area (Å²) >= 11 is 11.3. The van der Waals surface area contributed by atoms with Crippen LogP contribution in [0.2, 0.25) is 5.02 Å². The average Bonchev–Trinajstić information content (AvgIpc) is 2.65. The number of quaternary nitrogens is 1. The van der Waals surface area contributed by atoms with Gasteiger partial charge in [0.2, 0.25) is 0 Å². The Morgan fingerprint density at radius 3 is 2.61 bits per heavy atom. The number of aromatic nitrogens is 2. The number of carbonyl (C=O) groups excluding carboxylic acids is 1. The minimum atomic E-state index is -0.197. The number of benzene rings is 2. The van der Waals surface area contributed by atoms with Crippen LogP contribution in [0.3, 0.4) is 0 Å². The number of nitrogens with zero attached hydrogens (tertiary/aromatic N) is 1. The second kappa shape index (κ2) is 8.68. The molecule has 3 N–H and O–H groups in total. The number of hydrogen-bond donors (Lipinski definition) is 3. The van der Waals surface area contributed by atoms with E-state index in [1.54, 1.807) is 30.3 Å². The number of likely N-dealkylation sites (N-methyl/N-ethyl adjacent to an activating group) is 1. The Kier molecular flexibility index (Phi) is 6.28. The number of halogens is 1. The molecule has 0 aliphatic heterocycles. The third-order valence-electron chi connectivity index (χ3n) is 4.41. The van der Waals surface area contributed by atoms with Gasteiger partial charge in [0, 0.05) is 10.6 Å². The van der Waals surface area contributed by atoms with E-state index in [4.69, 9.17) is 23.8 Å². The van der Waals surface area contributed by atoms with Gasteiger partial charge in [0.05, 0.1) is 44.6 Å². The van der Waals surface area contributed by atoms with Crippen molar-refractivity contribution in [3.05, 3.63) is 73.7 Å². The molecular weight excluding hydrogens is 396 g/mol. The Morgan fingerprint density at radius 2 is 1.93 bits per heavy atom. The summed E-state index contributed by atoms with van der Waals surface area (Å²) in [6.45, 7) is 1.76. The predicted octanol–water partition coefficient (Wildman–Crippen LogP) is 1.64. The Morgan fingerprint density at radius 1 is 1.21 bits per heavy atom. The lowest BCUT2D eigenvalue weighted by Crippen LogP contribution is -3.06. The average molecular weight is 418 g/mol. The van der Waals surface area contributed by atoms with Crippen LogP contribution in [0.5, 0.6) is 0 Å². The summed E-state index contributed by atoms with van der Waals surface area (Å²) in [5.74, 6) is -0.173. The lowest BCUT2D eigenvalue weighted by atomic mass is 10.1. The van der Waals surface area contributed by atoms with Crippen molar-refractivity contribution in [2.45, 2.75) is 6.54 Å². The van der Waals surface area contributed by atoms with E-state index >= 15 is 0 Å². The smallest absolute Gasteiger partial charge is 0.262 e. The fourth-order valence-electron chi connectivity index (χ4n) is 2.84. The molecule has 0 saturated heterocycles. The number of hydrogen-bond acceptors (Lipinski definition) is 3. The number of carbonyl (C=O) groups is 1. The molecule has 28 heavy (non-hydrogen) atoms. The molecule has 0 unspecified atom stereocenters. The summed E-state index contributed by atoms with van der Waals surface area (Å²) in [5.41, 5.74) is 1.76. The first kappa shape index (κ1) is 20.3. The third kappa shape index (κ3) is 4.67. The van der Waals surface area contributed by atoms with E-state index in [1.165, 1.54) is 9.47 Å². The number of aromatic amines is 1. The lowest BCUT2D eigenvalue weighted by Gasteiger charge is -2.10. The van der Waals surface area contributed by atoms with Gasteiger partial charge >= 0.3 is 0 Å². The van der Waals surface area contributed by atoms with Gasteiger partial charge in [-0.3, -0.25) is 14.2 Å². The van der Waals surface area contributed by atoms with E-state index in [9.17, 15) is 9.59 Å². The van der Waals surface area contributed by atoms with E-state index < -0.39 is 0 Å². The van der Waals surface area contributed by atoms with E-state index in [2.05, 4.69) is 10.3 Å². The Bertz CT molecular complexity index is 1120. The molecule has 0 aliphatic rings. The van der Waals surface area contributed by atoms with E-state index in [0.717, 1.165) is 12.1 Å². The molecule has 3 aromatic rings. The van der Waals surface area contributed by atoms with Crippen LogP contribution < -0.4 is 15.8 Å². The molecule has 0 radical (unpaired) electrons. The molecule has 0 atom stereocenters. The van der Waals surface area contributed by atoms with Crippen LogP contribution in [0.15, 0.2) is 47.3 Å². The van der Waals surface area contributed by atoms with Gasteiger partial charge in [-0.1, -0.05) is 23.7 Å². The molecule has 146 valence electrons. The molecule has 2 aromatic carbocycles. The van der Waals surface area contributed by atoms with Crippen molar-refractivity contribution in [3.63, 3.8) is 0 Å². The van der Waals surface area contributed by atoms with Crippen molar-refractivity contribution in [2.24, 2.45) is 0 Å². The van der Waals surface area contributed by atoms with Crippen LogP contribution in [0.1, 0.15) is 15.9 Å². The molecule has 6 nitrogen and oxygen atoms in total. The molecule has 3 rings (SSSR count). The molecular formula is C20H22ClN4O2S+. The van der Waals surface area contributed by atoms with Crippen molar-refractivity contribution >= 4 is 40.6 Å². The van der Waals surface area contributed by atoms with Crippen LogP contribution in [0.4, 0.5) is 0 Å². The molecule has 0 aliphatic carbocycles. The topological polar surface area (TPSA) is 71.3 Å². The van der Waals surface area contributed by atoms with Crippen molar-refractivity contribution in [3.8, 4) is 0 Å². The first-order valence-electron chi connectivity index (χ1n) is 8.93. The molecule has 1 aromatic heterocycles. The minimum absolute atomic E-state index is 0.173. The SMILES string of the molecule is C[NH+](C)CCNC(=O)c1ccc2c(=O)n(Cc3ccc(Cl)cc3)c(=S)[nH]c2c1. The van der Waals surface area contributed by atoms with Crippen molar-refractivity contribution < 1.29 is 9.69 Å². The normalized spacial score (nSPS) is 11.1. The standard InChI is InChI=1S/C20H21ClN4O2S/c1-24(2)10-9-22-18(26)14-5-8-16-17(11-14)23-20(28)25(19(16)27)12-13-3-6-15(21)7-4-13/h3-8,11H,9-10,12H2,1-2H3,(H,22,26)(H,23,28)/p+1. The molecule has 0 fully saturated rings. The van der Waals surface area contributed by atoms with Gasteiger partial charge in [0.15, 0.2) is 4.77 Å². The Hall–Kier alpha value is -2.48. The first-order valence-corrected chi connectivity index (χ1v) is 9.72. The summed E-state index contributed by atoms with van der Waals surface area (Å²) in [4.78, 5) is 29.5. The zero-order chi connectivity index (χ0) is 20.3. The van der Waals surface area contributed by atoms with Crippen molar-refractivity contribution in [1.82, 2.24) is 14.9 Å². The third-order valence-corrected chi connectivity index (χ3v) is 4.98. The van der Waals surface area contributed by atoms with Crippen LogP contribution >= 0.6 is 23.8 Å². The molecule has 8 heteroatoms. The predicted molar refractivity (Wildman–Crippen MR) is 114 cm³/mol. The number of H-pyrrole nitrogens is 1. The van der Waals surface area contributed by atoms with Crippen molar-refractivity contribution in [1.29, 1.82) is 0 Å². The quantitative estimate of drug-likeness (QED) is 0.534. The summed E-state index contributed by atoms with van der Waals surface area (Å²) in [7, 11) is 4.05. The summed E-state index contributed by atoms with van der Waals surface area (Å²) in [5, 5.41) is 4.00. The zero-order valence-corrected chi connectivity index (χ0v) is 17.3. The van der Waals surface area contributed by atoms with Crippen LogP contribution in [-0.4, -0.2) is 42.6 Å². The fraction of sp³-hybridized carbons (Fsp3) is 0.250. The van der Waals surface area contributed by atoms with E-state index in [-0.39, 0.29) is 11.5 Å². The van der Waals surface area contributed by atoms with Crippen LogP contribution in [0, 0.1) is 4.77 Å². The monoisotopic (exact) mass is 417 g/mol. The van der Waals surface area contributed by atoms with E-state index in [0.29, 0.717) is 39.3 Å². The Labute approximate surface area is 172 Å². The molecule has 0 spiro atoms. The maximum absolute atomic E-state index is 12.9. The number of nitrogens with one attached hydrogen (secondary N) is 3. The second-order valence-corrected chi connectivity index (χ2v) is 7.74. The minimum Gasteiger partial charge on any atom is -0.346 e. The highest BCUT2D eigenvalue weighted by Crippen LogP contribution is 2.13. The highest BCUT2D eigenvalue weighted by atomic mass is 35.5. The van der Waals surface area contributed by atoms with Crippen LogP contribution in [-0.2, 0) is 6.54 Å². The van der Waals surface area contributed by atoms with Gasteiger partial charge in [-0.2, -0.15) is 0 Å². The fourth-order valence-corrected chi connectivity index (χ4v) is 3.22. The lowest BCUT2D eigenvalue weighted by molar-refractivity contribution is -0.856. The van der Waals surface area contributed by atoms with Crippen molar-refractivity contribution in [2.75, 3.05) is 27.2 Å². The van der Waals surface area contributed by atoms with E-state index in [1.807, 2.05) is 26.2 Å². The first-order chi connectivity index (χ1) is 13.3. The van der Waals surface area contributed by atoms with Gasteiger partial charge in [-0.05, 0) is 48.1 Å². The summed E-state index contributed by atoms with van der Waals surface area (Å²) in [6, 6.07) is 12.2. The second-order valence-electron chi connectivity index (χ2n) is 6.92. The number of amides is 1. The highest BCUT2D eigenvalue weighted by molar-refractivity contribution is 7.71. The maximum atomic E-state index is 12.9. The largest absolute Gasteiger partial charge is 0.346 e. The maximum Gasteiger partial charge on any atom is 0.262 e. The van der Waals surface area contributed by atoms with Gasteiger partial charge < -0.3 is 15.2 Å². The van der Waals surface area contributed by atoms with Crippen LogP contribution in [0.25, 0.3) is 10.9 Å². The van der Waals surface area contributed by atoms with Gasteiger partial charge in [0.25, 0.3) is 11.5 Å². The molecule has 1 heterocycles. The number of rotatable bonds is 6. The summed E-state index contributed by atoms with van der Waals surface area (Å²) in [6.07, 6.45) is 0. The molecule has 0 bridgehead atoms. The van der Waals surface area contributed by atoms with Gasteiger partial charge in [0.1, 0.15) is 0 Å².